The first kappa shape index (κ1) is 29.5. The maximum atomic E-state index is 6.90. The average Bonchev–Trinajstić information content (AvgIpc) is 3.60. The van der Waals surface area contributed by atoms with E-state index in [4.69, 9.17) is 19.4 Å². The molecule has 9 aromatic carbocycles. The molecule has 0 saturated heterocycles. The molecule has 4 nitrogen and oxygen atoms in total. The van der Waals surface area contributed by atoms with E-state index in [1.165, 1.54) is 21.5 Å². The SMILES string of the molecule is c1ccc2cc(-c3nc(-c4ccc5ccccc5c4)nc(-c4ccc(-c5ccc6ccccc6c5)c5c4oc4cc6ccccc6cc45)n3)ccc2c1. The lowest BCUT2D eigenvalue weighted by molar-refractivity contribution is 0.670. The molecule has 246 valence electrons. The number of rotatable bonds is 4. The molecule has 0 aliphatic heterocycles. The van der Waals surface area contributed by atoms with Crippen molar-refractivity contribution in [3.05, 3.63) is 176 Å². The molecular weight excluding hydrogens is 647 g/mol. The van der Waals surface area contributed by atoms with Gasteiger partial charge in [0.05, 0.1) is 5.56 Å². The fraction of sp³-hybridized carbons (Fsp3) is 0. The summed E-state index contributed by atoms with van der Waals surface area (Å²) in [6.07, 6.45) is 0. The third kappa shape index (κ3) is 4.95. The molecule has 0 saturated carbocycles. The first-order valence-electron chi connectivity index (χ1n) is 17.8. The molecule has 2 aromatic heterocycles. The van der Waals surface area contributed by atoms with Crippen molar-refractivity contribution in [3.63, 3.8) is 0 Å². The van der Waals surface area contributed by atoms with Crippen LogP contribution in [0.25, 0.3) is 110 Å². The van der Waals surface area contributed by atoms with Crippen LogP contribution in [0.15, 0.2) is 180 Å². The smallest absolute Gasteiger partial charge is 0.167 e. The van der Waals surface area contributed by atoms with E-state index in [0.29, 0.717) is 17.5 Å². The summed E-state index contributed by atoms with van der Waals surface area (Å²) in [6, 6.07) is 61.8. The molecule has 0 aliphatic carbocycles. The van der Waals surface area contributed by atoms with Crippen molar-refractivity contribution in [3.8, 4) is 45.3 Å². The zero-order chi connectivity index (χ0) is 34.9. The summed E-state index contributed by atoms with van der Waals surface area (Å²) in [5, 5.41) is 11.4. The highest BCUT2D eigenvalue weighted by molar-refractivity contribution is 6.18. The first-order valence-corrected chi connectivity index (χ1v) is 17.8. The highest BCUT2D eigenvalue weighted by Crippen LogP contribution is 2.43. The van der Waals surface area contributed by atoms with E-state index in [2.05, 4.69) is 176 Å². The van der Waals surface area contributed by atoms with Crippen LogP contribution in [0.1, 0.15) is 0 Å². The average molecular weight is 676 g/mol. The van der Waals surface area contributed by atoms with Gasteiger partial charge in [-0.05, 0) is 90.6 Å². The number of fused-ring (bicyclic) bond motifs is 7. The Morgan fingerprint density at radius 1 is 0.321 bits per heavy atom. The van der Waals surface area contributed by atoms with Crippen molar-refractivity contribution in [1.82, 2.24) is 15.0 Å². The molecule has 0 radical (unpaired) electrons. The summed E-state index contributed by atoms with van der Waals surface area (Å²) in [5.74, 6) is 1.78. The normalized spacial score (nSPS) is 11.8. The number of furan rings is 1. The maximum Gasteiger partial charge on any atom is 0.167 e. The van der Waals surface area contributed by atoms with Gasteiger partial charge >= 0.3 is 0 Å². The van der Waals surface area contributed by atoms with Crippen LogP contribution in [0.4, 0.5) is 0 Å². The van der Waals surface area contributed by atoms with E-state index in [9.17, 15) is 0 Å². The summed E-state index contributed by atoms with van der Waals surface area (Å²) < 4.78 is 6.90. The third-order valence-corrected chi connectivity index (χ3v) is 10.4. The minimum Gasteiger partial charge on any atom is -0.455 e. The van der Waals surface area contributed by atoms with Crippen molar-refractivity contribution >= 4 is 65.0 Å². The van der Waals surface area contributed by atoms with Gasteiger partial charge in [-0.2, -0.15) is 0 Å². The van der Waals surface area contributed by atoms with E-state index < -0.39 is 0 Å². The van der Waals surface area contributed by atoms with Gasteiger partial charge in [0.25, 0.3) is 0 Å². The van der Waals surface area contributed by atoms with Gasteiger partial charge in [0.2, 0.25) is 0 Å². The molecule has 0 aliphatic rings. The Bertz CT molecular complexity index is 3150. The van der Waals surface area contributed by atoms with Crippen LogP contribution in [0.2, 0.25) is 0 Å². The highest BCUT2D eigenvalue weighted by atomic mass is 16.3. The molecule has 11 aromatic rings. The molecule has 0 amide bonds. The maximum absolute atomic E-state index is 6.90. The number of aromatic nitrogens is 3. The van der Waals surface area contributed by atoms with Crippen molar-refractivity contribution in [2.24, 2.45) is 0 Å². The van der Waals surface area contributed by atoms with E-state index >= 15 is 0 Å². The van der Waals surface area contributed by atoms with Gasteiger partial charge in [-0.3, -0.25) is 0 Å². The van der Waals surface area contributed by atoms with E-state index in [1.807, 2.05) is 0 Å². The largest absolute Gasteiger partial charge is 0.455 e. The van der Waals surface area contributed by atoms with E-state index in [1.54, 1.807) is 0 Å². The Hall–Kier alpha value is -7.17. The molecule has 53 heavy (non-hydrogen) atoms. The lowest BCUT2D eigenvalue weighted by Gasteiger charge is -2.12. The summed E-state index contributed by atoms with van der Waals surface area (Å²) >= 11 is 0. The quantitative estimate of drug-likeness (QED) is 0.186. The topological polar surface area (TPSA) is 51.8 Å². The van der Waals surface area contributed by atoms with Crippen LogP contribution < -0.4 is 0 Å². The van der Waals surface area contributed by atoms with Crippen LogP contribution in [0.5, 0.6) is 0 Å². The number of nitrogens with zero attached hydrogens (tertiary/aromatic N) is 3. The molecule has 4 heteroatoms. The zero-order valence-electron chi connectivity index (χ0n) is 28.5. The number of hydrogen-bond acceptors (Lipinski definition) is 4. The Kier molecular flexibility index (Phi) is 6.52. The van der Waals surface area contributed by atoms with Crippen molar-refractivity contribution in [2.45, 2.75) is 0 Å². The highest BCUT2D eigenvalue weighted by Gasteiger charge is 2.21. The summed E-state index contributed by atoms with van der Waals surface area (Å²) in [4.78, 5) is 15.5. The predicted molar refractivity (Wildman–Crippen MR) is 219 cm³/mol. The van der Waals surface area contributed by atoms with Crippen LogP contribution in [-0.4, -0.2) is 15.0 Å². The Morgan fingerprint density at radius 2 is 0.736 bits per heavy atom. The molecular formula is C49H29N3O. The Labute approximate surface area is 304 Å². The summed E-state index contributed by atoms with van der Waals surface area (Å²) in [5.41, 5.74) is 6.47. The standard InChI is InChI=1S/C49H29N3O/c1-4-12-33-25-38(20-17-30(33)9-1)41-23-24-42(46-45(41)43-28-36-15-7-8-16-37(36)29-44(43)53-46)49-51-47(39-21-18-31-10-2-5-13-34(31)26-39)50-48(52-49)40-22-19-32-11-3-6-14-35(32)27-40/h1-29H. The molecule has 0 bridgehead atoms. The predicted octanol–water partition coefficient (Wildman–Crippen LogP) is 13.1. The van der Waals surface area contributed by atoms with Crippen molar-refractivity contribution in [1.29, 1.82) is 0 Å². The van der Waals surface area contributed by atoms with Crippen LogP contribution in [0, 0.1) is 0 Å². The van der Waals surface area contributed by atoms with E-state index in [-0.39, 0.29) is 0 Å². The van der Waals surface area contributed by atoms with Gasteiger partial charge in [-0.25, -0.2) is 15.0 Å². The van der Waals surface area contributed by atoms with Gasteiger partial charge in [0.15, 0.2) is 17.5 Å². The van der Waals surface area contributed by atoms with Gasteiger partial charge < -0.3 is 4.42 Å². The summed E-state index contributed by atoms with van der Waals surface area (Å²) in [6.45, 7) is 0. The van der Waals surface area contributed by atoms with E-state index in [0.717, 1.165) is 71.3 Å². The zero-order valence-corrected chi connectivity index (χ0v) is 28.5. The fourth-order valence-electron chi connectivity index (χ4n) is 7.75. The minimum absolute atomic E-state index is 0.560. The lowest BCUT2D eigenvalue weighted by atomic mass is 9.94. The number of benzene rings is 9. The van der Waals surface area contributed by atoms with Gasteiger partial charge in [0.1, 0.15) is 11.2 Å². The first-order chi connectivity index (χ1) is 26.2. The molecule has 0 N–H and O–H groups in total. The van der Waals surface area contributed by atoms with Gasteiger partial charge in [-0.1, -0.05) is 140 Å². The third-order valence-electron chi connectivity index (χ3n) is 10.4. The van der Waals surface area contributed by atoms with Gasteiger partial charge in [0, 0.05) is 21.9 Å². The monoisotopic (exact) mass is 675 g/mol. The van der Waals surface area contributed by atoms with Crippen molar-refractivity contribution < 1.29 is 4.42 Å². The van der Waals surface area contributed by atoms with Crippen molar-refractivity contribution in [2.75, 3.05) is 0 Å². The minimum atomic E-state index is 0.560. The molecule has 2 heterocycles. The second-order valence-corrected chi connectivity index (χ2v) is 13.7. The Morgan fingerprint density at radius 3 is 1.28 bits per heavy atom. The van der Waals surface area contributed by atoms with Crippen LogP contribution in [0.3, 0.4) is 0 Å². The van der Waals surface area contributed by atoms with Crippen LogP contribution in [-0.2, 0) is 0 Å². The molecule has 0 spiro atoms. The second kappa shape index (κ2) is 11.7. The molecule has 0 atom stereocenters. The van der Waals surface area contributed by atoms with Crippen LogP contribution >= 0.6 is 0 Å². The Balaban J connectivity index is 1.19. The molecule has 0 fully saturated rings. The molecule has 0 unspecified atom stereocenters. The van der Waals surface area contributed by atoms with Gasteiger partial charge in [-0.15, -0.1) is 0 Å². The fourth-order valence-corrected chi connectivity index (χ4v) is 7.75. The molecule has 11 rings (SSSR count). The lowest BCUT2D eigenvalue weighted by Crippen LogP contribution is -2.00. The number of hydrogen-bond donors (Lipinski definition) is 0. The summed E-state index contributed by atoms with van der Waals surface area (Å²) in [7, 11) is 0. The second-order valence-electron chi connectivity index (χ2n) is 13.7.